The van der Waals surface area contributed by atoms with Crippen LogP contribution in [0.4, 0.5) is 9.52 Å². The lowest BCUT2D eigenvalue weighted by Crippen LogP contribution is -2.11. The molecule has 0 fully saturated rings. The minimum atomic E-state index is -0.388. The number of nitrogens with zero attached hydrogens (tertiary/aromatic N) is 3. The molecular formula is C13H9FN4O2S2. The van der Waals surface area contributed by atoms with Gasteiger partial charge in [-0.15, -0.1) is 11.3 Å². The van der Waals surface area contributed by atoms with Crippen molar-refractivity contribution in [3.05, 3.63) is 41.3 Å². The Morgan fingerprint density at radius 2 is 2.27 bits per heavy atom. The van der Waals surface area contributed by atoms with Gasteiger partial charge in [0.15, 0.2) is 10.8 Å². The fraction of sp³-hybridized carbons (Fsp3) is 0.0769. The van der Waals surface area contributed by atoms with E-state index in [2.05, 4.69) is 19.0 Å². The molecule has 0 saturated carbocycles. The van der Waals surface area contributed by atoms with Crippen molar-refractivity contribution < 1.29 is 13.9 Å². The predicted octanol–water partition coefficient (Wildman–Crippen LogP) is 3.06. The lowest BCUT2D eigenvalue weighted by molar-refractivity contribution is 0.102. The third-order valence-electron chi connectivity index (χ3n) is 2.76. The van der Waals surface area contributed by atoms with Crippen LogP contribution < -0.4 is 10.1 Å². The van der Waals surface area contributed by atoms with Crippen LogP contribution >= 0.6 is 23.1 Å². The average molecular weight is 336 g/mol. The standard InChI is InChI=1S/C13H9FN4O2S2/c1-20-11-3-2-7(14)4-8(11)10-6-21-13(16-10)17-12(19)9-5-15-22-18-9/h2-6H,1H3,(H,16,17,19). The van der Waals surface area contributed by atoms with Crippen LogP contribution in [0.15, 0.2) is 29.8 Å². The summed E-state index contributed by atoms with van der Waals surface area (Å²) in [6.07, 6.45) is 1.38. The molecule has 0 spiro atoms. The number of hydrogen-bond donors (Lipinski definition) is 1. The molecule has 0 aliphatic heterocycles. The highest BCUT2D eigenvalue weighted by Gasteiger charge is 2.14. The van der Waals surface area contributed by atoms with Crippen molar-refractivity contribution >= 4 is 34.1 Å². The summed E-state index contributed by atoms with van der Waals surface area (Å²) < 4.78 is 26.2. The zero-order valence-electron chi connectivity index (χ0n) is 11.2. The van der Waals surface area contributed by atoms with Gasteiger partial charge in [0.05, 0.1) is 30.7 Å². The van der Waals surface area contributed by atoms with Gasteiger partial charge in [0.1, 0.15) is 11.6 Å². The number of halogens is 1. The first kappa shape index (κ1) is 14.5. The van der Waals surface area contributed by atoms with E-state index in [0.29, 0.717) is 22.1 Å². The van der Waals surface area contributed by atoms with Gasteiger partial charge in [-0.25, -0.2) is 9.37 Å². The van der Waals surface area contributed by atoms with Gasteiger partial charge in [0.25, 0.3) is 5.91 Å². The first-order valence-corrected chi connectivity index (χ1v) is 7.66. The normalized spacial score (nSPS) is 10.5. The topological polar surface area (TPSA) is 77.0 Å². The third kappa shape index (κ3) is 2.95. The summed E-state index contributed by atoms with van der Waals surface area (Å²) in [5.74, 6) is -0.267. The SMILES string of the molecule is COc1ccc(F)cc1-c1csc(NC(=O)c2cnsn2)n1. The van der Waals surface area contributed by atoms with Gasteiger partial charge in [-0.3, -0.25) is 10.1 Å². The largest absolute Gasteiger partial charge is 0.496 e. The lowest BCUT2D eigenvalue weighted by atomic mass is 10.1. The third-order valence-corrected chi connectivity index (χ3v) is 3.99. The molecule has 0 radical (unpaired) electrons. The maximum Gasteiger partial charge on any atom is 0.278 e. The molecule has 6 nitrogen and oxygen atoms in total. The number of benzene rings is 1. The van der Waals surface area contributed by atoms with Gasteiger partial charge in [0, 0.05) is 10.9 Å². The van der Waals surface area contributed by atoms with Gasteiger partial charge in [-0.05, 0) is 18.2 Å². The van der Waals surface area contributed by atoms with Gasteiger partial charge in [0.2, 0.25) is 0 Å². The van der Waals surface area contributed by atoms with Crippen LogP contribution in [0.25, 0.3) is 11.3 Å². The molecule has 0 bridgehead atoms. The van der Waals surface area contributed by atoms with Crippen LogP contribution in [-0.4, -0.2) is 26.7 Å². The van der Waals surface area contributed by atoms with Crippen LogP contribution in [0, 0.1) is 5.82 Å². The van der Waals surface area contributed by atoms with E-state index in [-0.39, 0.29) is 17.4 Å². The molecule has 2 aromatic heterocycles. The van der Waals surface area contributed by atoms with Gasteiger partial charge < -0.3 is 4.74 Å². The molecule has 3 aromatic rings. The summed E-state index contributed by atoms with van der Waals surface area (Å²) in [5, 5.41) is 4.73. The molecule has 112 valence electrons. The maximum atomic E-state index is 13.4. The summed E-state index contributed by atoms with van der Waals surface area (Å²) >= 11 is 2.18. The van der Waals surface area contributed by atoms with Crippen molar-refractivity contribution in [3.63, 3.8) is 0 Å². The molecular weight excluding hydrogens is 327 g/mol. The molecule has 1 amide bonds. The Morgan fingerprint density at radius 1 is 1.41 bits per heavy atom. The molecule has 22 heavy (non-hydrogen) atoms. The molecule has 3 rings (SSSR count). The maximum absolute atomic E-state index is 13.4. The number of carbonyl (C=O) groups excluding carboxylic acids is 1. The van der Waals surface area contributed by atoms with E-state index in [1.165, 1.54) is 42.8 Å². The average Bonchev–Trinajstić information content (AvgIpc) is 3.18. The van der Waals surface area contributed by atoms with Crippen LogP contribution in [0.3, 0.4) is 0 Å². The molecule has 1 N–H and O–H groups in total. The number of anilines is 1. The second kappa shape index (κ2) is 6.16. The molecule has 0 saturated heterocycles. The second-order valence-electron chi connectivity index (χ2n) is 4.13. The van der Waals surface area contributed by atoms with Crippen molar-refractivity contribution in [1.29, 1.82) is 0 Å². The quantitative estimate of drug-likeness (QED) is 0.792. The molecule has 9 heteroatoms. The molecule has 2 heterocycles. The second-order valence-corrected chi connectivity index (χ2v) is 5.54. The highest BCUT2D eigenvalue weighted by atomic mass is 32.1. The molecule has 1 aromatic carbocycles. The van der Waals surface area contributed by atoms with E-state index in [1.54, 1.807) is 5.38 Å². The highest BCUT2D eigenvalue weighted by Crippen LogP contribution is 2.32. The zero-order valence-corrected chi connectivity index (χ0v) is 12.9. The van der Waals surface area contributed by atoms with E-state index >= 15 is 0 Å². The van der Waals surface area contributed by atoms with Crippen molar-refractivity contribution in [2.45, 2.75) is 0 Å². The highest BCUT2D eigenvalue weighted by molar-refractivity contribution is 7.14. The van der Waals surface area contributed by atoms with Crippen LogP contribution in [0.5, 0.6) is 5.75 Å². The molecule has 0 aliphatic carbocycles. The van der Waals surface area contributed by atoms with Crippen LogP contribution in [0.1, 0.15) is 10.5 Å². The number of carbonyl (C=O) groups is 1. The fourth-order valence-corrected chi connectivity index (χ4v) is 2.88. The van der Waals surface area contributed by atoms with Crippen molar-refractivity contribution in [2.75, 3.05) is 12.4 Å². The Labute approximate surface area is 132 Å². The molecule has 0 atom stereocenters. The smallest absolute Gasteiger partial charge is 0.278 e. The van der Waals surface area contributed by atoms with E-state index in [0.717, 1.165) is 11.7 Å². The Morgan fingerprint density at radius 3 is 3.00 bits per heavy atom. The Kier molecular flexibility index (Phi) is 4.07. The summed E-state index contributed by atoms with van der Waals surface area (Å²) in [4.78, 5) is 16.1. The lowest BCUT2D eigenvalue weighted by Gasteiger charge is -2.05. The van der Waals surface area contributed by atoms with E-state index < -0.39 is 0 Å². The Hall–Kier alpha value is -2.39. The number of rotatable bonds is 4. The minimum Gasteiger partial charge on any atom is -0.496 e. The Bertz CT molecular complexity index is 804. The van der Waals surface area contributed by atoms with Gasteiger partial charge >= 0.3 is 0 Å². The zero-order chi connectivity index (χ0) is 15.5. The number of hydrogen-bond acceptors (Lipinski definition) is 7. The first-order valence-electron chi connectivity index (χ1n) is 6.05. The number of thiazole rings is 1. The summed E-state index contributed by atoms with van der Waals surface area (Å²) in [5.41, 5.74) is 1.27. The number of amides is 1. The monoisotopic (exact) mass is 336 g/mol. The van der Waals surface area contributed by atoms with Crippen LogP contribution in [0.2, 0.25) is 0 Å². The molecule has 0 aliphatic rings. The number of nitrogens with one attached hydrogen (secondary N) is 1. The Balaban J connectivity index is 1.85. The van der Waals surface area contributed by atoms with Gasteiger partial charge in [-0.2, -0.15) is 8.75 Å². The van der Waals surface area contributed by atoms with E-state index in [9.17, 15) is 9.18 Å². The number of ether oxygens (including phenoxy) is 1. The minimum absolute atomic E-state index is 0.227. The van der Waals surface area contributed by atoms with Gasteiger partial charge in [-0.1, -0.05) is 0 Å². The predicted molar refractivity (Wildman–Crippen MR) is 81.9 cm³/mol. The summed E-state index contributed by atoms with van der Waals surface area (Å²) in [6.45, 7) is 0. The van der Waals surface area contributed by atoms with Crippen molar-refractivity contribution in [2.24, 2.45) is 0 Å². The molecule has 0 unspecified atom stereocenters. The first-order chi connectivity index (χ1) is 10.7. The van der Waals surface area contributed by atoms with Crippen LogP contribution in [-0.2, 0) is 0 Å². The summed E-state index contributed by atoms with van der Waals surface area (Å²) in [6, 6.07) is 4.18. The van der Waals surface area contributed by atoms with E-state index in [1.807, 2.05) is 0 Å². The summed E-state index contributed by atoms with van der Waals surface area (Å²) in [7, 11) is 1.50. The number of methoxy groups -OCH3 is 1. The van der Waals surface area contributed by atoms with E-state index in [4.69, 9.17) is 4.74 Å². The fourth-order valence-electron chi connectivity index (χ4n) is 1.76. The van der Waals surface area contributed by atoms with Crippen molar-refractivity contribution in [3.8, 4) is 17.0 Å². The number of aromatic nitrogens is 3. The van der Waals surface area contributed by atoms with Crippen molar-refractivity contribution in [1.82, 2.24) is 13.7 Å².